The highest BCUT2D eigenvalue weighted by atomic mass is 35.5. The first-order valence-corrected chi connectivity index (χ1v) is 6.27. The van der Waals surface area contributed by atoms with Crippen molar-refractivity contribution in [3.8, 4) is 5.88 Å². The Labute approximate surface area is 111 Å². The summed E-state index contributed by atoms with van der Waals surface area (Å²) in [6.45, 7) is 4.06. The lowest BCUT2D eigenvalue weighted by Gasteiger charge is -2.32. The molecule has 1 aliphatic heterocycles. The molecular weight excluding hydrogens is 256 g/mol. The van der Waals surface area contributed by atoms with Gasteiger partial charge >= 0.3 is 0 Å². The van der Waals surface area contributed by atoms with Gasteiger partial charge in [0.2, 0.25) is 11.8 Å². The van der Waals surface area contributed by atoms with Gasteiger partial charge in [0.05, 0.1) is 18.4 Å². The zero-order valence-electron chi connectivity index (χ0n) is 10.4. The first-order chi connectivity index (χ1) is 8.58. The minimum Gasteiger partial charge on any atom is -0.473 e. The number of nitrogens with one attached hydrogen (secondary N) is 1. The number of hydrogen-bond donors (Lipinski definition) is 2. The van der Waals surface area contributed by atoms with Gasteiger partial charge in [0.15, 0.2) is 0 Å². The number of halogens is 1. The number of nitrogen functional groups attached to an aromatic ring is 1. The number of hydrogen-bond acceptors (Lipinski definition) is 6. The molecule has 2 rings (SSSR count). The summed E-state index contributed by atoms with van der Waals surface area (Å²) < 4.78 is 11.5. The summed E-state index contributed by atoms with van der Waals surface area (Å²) in [5.74, 6) is 5.89. The fourth-order valence-corrected chi connectivity index (χ4v) is 2.24. The fraction of sp³-hybridized carbons (Fsp3) is 0.636. The van der Waals surface area contributed by atoms with Crippen LogP contribution in [0.1, 0.15) is 26.7 Å². The predicted molar refractivity (Wildman–Crippen MR) is 68.5 cm³/mol. The molecule has 0 aromatic carbocycles. The molecule has 1 saturated heterocycles. The Morgan fingerprint density at radius 2 is 2.11 bits per heavy atom. The SMILES string of the molecule is CC1CC(Oc2nc(NN)ncc2Cl)CC(C)O1. The standard InChI is InChI=1S/C11H17ClN4O2/c1-6-3-8(4-7(2)17-6)18-10-9(12)5-14-11(15-10)16-13/h5-8H,3-4,13H2,1-2H3,(H,14,15,16). The molecule has 6 nitrogen and oxygen atoms in total. The van der Waals surface area contributed by atoms with E-state index < -0.39 is 0 Å². The van der Waals surface area contributed by atoms with Crippen LogP contribution in [0.25, 0.3) is 0 Å². The first kappa shape index (κ1) is 13.3. The molecule has 18 heavy (non-hydrogen) atoms. The van der Waals surface area contributed by atoms with Gasteiger partial charge in [-0.2, -0.15) is 4.98 Å². The Balaban J connectivity index is 2.08. The van der Waals surface area contributed by atoms with Crippen LogP contribution in [-0.4, -0.2) is 28.3 Å². The molecule has 0 spiro atoms. The van der Waals surface area contributed by atoms with E-state index in [2.05, 4.69) is 15.4 Å². The Morgan fingerprint density at radius 3 is 2.72 bits per heavy atom. The lowest BCUT2D eigenvalue weighted by Crippen LogP contribution is -2.36. The van der Waals surface area contributed by atoms with E-state index in [9.17, 15) is 0 Å². The molecular formula is C11H17ClN4O2. The van der Waals surface area contributed by atoms with Crippen LogP contribution in [0.5, 0.6) is 5.88 Å². The van der Waals surface area contributed by atoms with Crippen LogP contribution in [0, 0.1) is 0 Å². The van der Waals surface area contributed by atoms with E-state index in [1.54, 1.807) is 0 Å². The average molecular weight is 273 g/mol. The van der Waals surface area contributed by atoms with Crippen molar-refractivity contribution in [2.45, 2.75) is 45.0 Å². The fourth-order valence-electron chi connectivity index (χ4n) is 2.10. The molecule has 0 bridgehead atoms. The molecule has 0 amide bonds. The van der Waals surface area contributed by atoms with Crippen LogP contribution < -0.4 is 16.0 Å². The van der Waals surface area contributed by atoms with E-state index in [1.165, 1.54) is 6.20 Å². The normalized spacial score (nSPS) is 27.9. The van der Waals surface area contributed by atoms with Crippen LogP contribution in [0.15, 0.2) is 6.20 Å². The molecule has 1 aliphatic rings. The molecule has 2 heterocycles. The predicted octanol–water partition coefficient (Wildman–Crippen LogP) is 1.75. The average Bonchev–Trinajstić information content (AvgIpc) is 2.30. The van der Waals surface area contributed by atoms with Crippen molar-refractivity contribution < 1.29 is 9.47 Å². The number of anilines is 1. The summed E-state index contributed by atoms with van der Waals surface area (Å²) in [4.78, 5) is 7.99. The van der Waals surface area contributed by atoms with Gasteiger partial charge < -0.3 is 9.47 Å². The highest BCUT2D eigenvalue weighted by molar-refractivity contribution is 6.31. The molecule has 1 aromatic rings. The number of aromatic nitrogens is 2. The minimum absolute atomic E-state index is 0.0433. The van der Waals surface area contributed by atoms with Gasteiger partial charge in [0.25, 0.3) is 0 Å². The molecule has 100 valence electrons. The van der Waals surface area contributed by atoms with Crippen LogP contribution in [-0.2, 0) is 4.74 Å². The molecule has 0 aliphatic carbocycles. The topological polar surface area (TPSA) is 82.3 Å². The van der Waals surface area contributed by atoms with Gasteiger partial charge in [-0.05, 0) is 13.8 Å². The summed E-state index contributed by atoms with van der Waals surface area (Å²) in [5.41, 5.74) is 2.36. The second-order valence-corrected chi connectivity index (χ2v) is 4.87. The van der Waals surface area contributed by atoms with E-state index in [0.717, 1.165) is 12.8 Å². The van der Waals surface area contributed by atoms with E-state index in [0.29, 0.717) is 10.9 Å². The summed E-state index contributed by atoms with van der Waals surface area (Å²) in [5, 5.41) is 0.376. The highest BCUT2D eigenvalue weighted by Crippen LogP contribution is 2.27. The van der Waals surface area contributed by atoms with Crippen molar-refractivity contribution in [1.82, 2.24) is 9.97 Å². The van der Waals surface area contributed by atoms with Gasteiger partial charge in [0, 0.05) is 12.8 Å². The highest BCUT2D eigenvalue weighted by Gasteiger charge is 2.26. The van der Waals surface area contributed by atoms with Crippen molar-refractivity contribution in [3.05, 3.63) is 11.2 Å². The lowest BCUT2D eigenvalue weighted by atomic mass is 10.0. The van der Waals surface area contributed by atoms with E-state index >= 15 is 0 Å². The largest absolute Gasteiger partial charge is 0.473 e. The maximum Gasteiger partial charge on any atom is 0.240 e. The molecule has 7 heteroatoms. The number of rotatable bonds is 3. The van der Waals surface area contributed by atoms with Crippen LogP contribution >= 0.6 is 11.6 Å². The Hall–Kier alpha value is -1.11. The van der Waals surface area contributed by atoms with Crippen LogP contribution in [0.2, 0.25) is 5.02 Å². The molecule has 0 radical (unpaired) electrons. The third-order valence-corrected chi connectivity index (χ3v) is 3.03. The van der Waals surface area contributed by atoms with Gasteiger partial charge in [0.1, 0.15) is 11.1 Å². The van der Waals surface area contributed by atoms with Gasteiger partial charge in [-0.3, -0.25) is 5.43 Å². The molecule has 1 aromatic heterocycles. The number of ether oxygens (including phenoxy) is 2. The van der Waals surface area contributed by atoms with Crippen molar-refractivity contribution in [1.29, 1.82) is 0 Å². The van der Waals surface area contributed by atoms with E-state index in [1.807, 2.05) is 13.8 Å². The maximum atomic E-state index is 6.00. The Bertz CT molecular complexity index is 408. The summed E-state index contributed by atoms with van der Waals surface area (Å²) in [6, 6.07) is 0. The minimum atomic E-state index is 0.0433. The zero-order chi connectivity index (χ0) is 13.1. The summed E-state index contributed by atoms with van der Waals surface area (Å²) in [6.07, 6.45) is 3.48. The van der Waals surface area contributed by atoms with Crippen molar-refractivity contribution >= 4 is 17.5 Å². The number of hydrazine groups is 1. The van der Waals surface area contributed by atoms with Crippen molar-refractivity contribution in [2.24, 2.45) is 5.84 Å². The van der Waals surface area contributed by atoms with Crippen molar-refractivity contribution in [3.63, 3.8) is 0 Å². The van der Waals surface area contributed by atoms with Crippen LogP contribution in [0.4, 0.5) is 5.95 Å². The number of nitrogens with two attached hydrogens (primary N) is 1. The molecule has 0 saturated carbocycles. The molecule has 1 fully saturated rings. The summed E-state index contributed by atoms with van der Waals surface area (Å²) >= 11 is 6.00. The third kappa shape index (κ3) is 3.22. The zero-order valence-corrected chi connectivity index (χ0v) is 11.1. The molecule has 2 unspecified atom stereocenters. The quantitative estimate of drug-likeness (QED) is 0.644. The van der Waals surface area contributed by atoms with Crippen molar-refractivity contribution in [2.75, 3.05) is 5.43 Å². The molecule has 3 N–H and O–H groups in total. The molecule has 2 atom stereocenters. The lowest BCUT2D eigenvalue weighted by molar-refractivity contribution is -0.0729. The second-order valence-electron chi connectivity index (χ2n) is 4.46. The van der Waals surface area contributed by atoms with Gasteiger partial charge in [-0.1, -0.05) is 11.6 Å². The van der Waals surface area contributed by atoms with E-state index in [4.69, 9.17) is 26.9 Å². The second kappa shape index (κ2) is 5.69. The third-order valence-electron chi connectivity index (χ3n) is 2.77. The smallest absolute Gasteiger partial charge is 0.240 e. The number of nitrogens with zero attached hydrogens (tertiary/aromatic N) is 2. The first-order valence-electron chi connectivity index (χ1n) is 5.89. The Kier molecular flexibility index (Phi) is 4.21. The summed E-state index contributed by atoms with van der Waals surface area (Å²) in [7, 11) is 0. The monoisotopic (exact) mass is 272 g/mol. The Morgan fingerprint density at radius 1 is 1.44 bits per heavy atom. The maximum absolute atomic E-state index is 6.00. The van der Waals surface area contributed by atoms with Gasteiger partial charge in [-0.25, -0.2) is 10.8 Å². The van der Waals surface area contributed by atoms with Gasteiger partial charge in [-0.15, -0.1) is 0 Å². The van der Waals surface area contributed by atoms with E-state index in [-0.39, 0.29) is 24.3 Å². The van der Waals surface area contributed by atoms with Crippen LogP contribution in [0.3, 0.4) is 0 Å².